The molecule has 0 bridgehead atoms. The van der Waals surface area contributed by atoms with Crippen LogP contribution in [-0.2, 0) is 10.0 Å². The van der Waals surface area contributed by atoms with Crippen LogP contribution in [0.4, 0.5) is 11.5 Å². The Labute approximate surface area is 95.1 Å². The second kappa shape index (κ2) is 5.13. The zero-order chi connectivity index (χ0) is 12.2. The Morgan fingerprint density at radius 3 is 2.75 bits per heavy atom. The van der Waals surface area contributed by atoms with Crippen molar-refractivity contribution in [3.63, 3.8) is 0 Å². The van der Waals surface area contributed by atoms with Gasteiger partial charge in [-0.05, 0) is 18.9 Å². The summed E-state index contributed by atoms with van der Waals surface area (Å²) in [5.41, 5.74) is 7.27. The minimum Gasteiger partial charge on any atom is -0.398 e. The number of anilines is 2. The third-order valence-corrected chi connectivity index (χ3v) is 2.91. The molecule has 0 saturated carbocycles. The molecule has 0 atom stereocenters. The number of aromatic nitrogens is 1. The molecule has 0 unspecified atom stereocenters. The molecule has 1 heterocycles. The maximum Gasteiger partial charge on any atom is 0.209 e. The fourth-order valence-corrected chi connectivity index (χ4v) is 1.67. The molecule has 0 aliphatic rings. The summed E-state index contributed by atoms with van der Waals surface area (Å²) < 4.78 is 21.3. The zero-order valence-corrected chi connectivity index (χ0v) is 9.92. The van der Waals surface area contributed by atoms with Gasteiger partial charge in [-0.3, -0.25) is 0 Å². The standard InChI is InChI=1S/C9H16N4O2S/c1-7-6-13-9(5-8(7)10)12-3-2-4-16(11,14)15/h5-6H,2-4H2,1H3,(H3,10,12,13)(H2,11,14,15). The molecule has 0 saturated heterocycles. The molecular formula is C9H16N4O2S. The lowest BCUT2D eigenvalue weighted by Crippen LogP contribution is -2.18. The van der Waals surface area contributed by atoms with Gasteiger partial charge in [0.25, 0.3) is 0 Å². The van der Waals surface area contributed by atoms with Crippen LogP contribution in [-0.4, -0.2) is 25.7 Å². The van der Waals surface area contributed by atoms with Crippen LogP contribution < -0.4 is 16.2 Å². The Balaban J connectivity index is 2.41. The van der Waals surface area contributed by atoms with E-state index in [1.54, 1.807) is 12.3 Å². The Kier molecular flexibility index (Phi) is 4.08. The van der Waals surface area contributed by atoms with E-state index < -0.39 is 10.0 Å². The topological polar surface area (TPSA) is 111 Å². The minimum atomic E-state index is -3.38. The van der Waals surface area contributed by atoms with Crippen molar-refractivity contribution < 1.29 is 8.42 Å². The summed E-state index contributed by atoms with van der Waals surface area (Å²) in [5, 5.41) is 7.84. The summed E-state index contributed by atoms with van der Waals surface area (Å²) >= 11 is 0. The second-order valence-electron chi connectivity index (χ2n) is 3.57. The summed E-state index contributed by atoms with van der Waals surface area (Å²) in [6, 6.07) is 1.71. The predicted octanol–water partition coefficient (Wildman–Crippen LogP) is 0.0627. The first-order valence-electron chi connectivity index (χ1n) is 4.85. The van der Waals surface area contributed by atoms with Gasteiger partial charge in [0.05, 0.1) is 5.75 Å². The van der Waals surface area contributed by atoms with Gasteiger partial charge in [-0.2, -0.15) is 0 Å². The van der Waals surface area contributed by atoms with E-state index in [4.69, 9.17) is 10.9 Å². The lowest BCUT2D eigenvalue weighted by molar-refractivity contribution is 0.595. The molecule has 0 aromatic carbocycles. The fourth-order valence-electron chi connectivity index (χ4n) is 1.13. The maximum absolute atomic E-state index is 10.7. The van der Waals surface area contributed by atoms with Gasteiger partial charge in [-0.25, -0.2) is 18.5 Å². The number of hydrogen-bond donors (Lipinski definition) is 3. The molecule has 0 amide bonds. The van der Waals surface area contributed by atoms with Crippen LogP contribution in [0.5, 0.6) is 0 Å². The average Bonchev–Trinajstić information content (AvgIpc) is 2.17. The highest BCUT2D eigenvalue weighted by Crippen LogP contribution is 2.13. The third-order valence-electron chi connectivity index (χ3n) is 2.06. The SMILES string of the molecule is Cc1cnc(NCCCS(N)(=O)=O)cc1N. The van der Waals surface area contributed by atoms with Gasteiger partial charge >= 0.3 is 0 Å². The van der Waals surface area contributed by atoms with Crippen molar-refractivity contribution in [1.29, 1.82) is 0 Å². The summed E-state index contributed by atoms with van der Waals surface area (Å²) in [6.07, 6.45) is 2.10. The van der Waals surface area contributed by atoms with Crippen molar-refractivity contribution in [2.24, 2.45) is 5.14 Å². The molecule has 1 aromatic heterocycles. The molecule has 0 aliphatic carbocycles. The third kappa shape index (κ3) is 4.45. The summed E-state index contributed by atoms with van der Waals surface area (Å²) in [5.74, 6) is 0.596. The van der Waals surface area contributed by atoms with E-state index in [0.29, 0.717) is 24.5 Å². The van der Waals surface area contributed by atoms with E-state index >= 15 is 0 Å². The molecular weight excluding hydrogens is 228 g/mol. The monoisotopic (exact) mass is 244 g/mol. The number of nitrogen functional groups attached to an aromatic ring is 1. The molecule has 1 rings (SSSR count). The predicted molar refractivity (Wildman–Crippen MR) is 64.5 cm³/mol. The summed E-state index contributed by atoms with van der Waals surface area (Å²) in [6.45, 7) is 2.36. The van der Waals surface area contributed by atoms with Crippen molar-refractivity contribution >= 4 is 21.5 Å². The Morgan fingerprint density at radius 1 is 1.50 bits per heavy atom. The van der Waals surface area contributed by atoms with Crippen molar-refractivity contribution in [3.05, 3.63) is 17.8 Å². The van der Waals surface area contributed by atoms with E-state index in [-0.39, 0.29) is 5.75 Å². The Hall–Kier alpha value is -1.34. The van der Waals surface area contributed by atoms with E-state index in [1.807, 2.05) is 6.92 Å². The van der Waals surface area contributed by atoms with Crippen LogP contribution in [0.25, 0.3) is 0 Å². The number of hydrogen-bond acceptors (Lipinski definition) is 5. The lowest BCUT2D eigenvalue weighted by Gasteiger charge is -2.06. The lowest BCUT2D eigenvalue weighted by atomic mass is 10.2. The van der Waals surface area contributed by atoms with Crippen LogP contribution in [0.15, 0.2) is 12.3 Å². The first-order chi connectivity index (χ1) is 7.38. The van der Waals surface area contributed by atoms with E-state index in [9.17, 15) is 8.42 Å². The molecule has 0 aliphatic heterocycles. The van der Waals surface area contributed by atoms with Crippen LogP contribution in [0.3, 0.4) is 0 Å². The quantitative estimate of drug-likeness (QED) is 0.634. The smallest absolute Gasteiger partial charge is 0.209 e. The minimum absolute atomic E-state index is 0.0403. The molecule has 0 radical (unpaired) electrons. The highest BCUT2D eigenvalue weighted by Gasteiger charge is 2.02. The molecule has 7 heteroatoms. The van der Waals surface area contributed by atoms with Gasteiger partial charge in [0.1, 0.15) is 5.82 Å². The first-order valence-corrected chi connectivity index (χ1v) is 6.56. The van der Waals surface area contributed by atoms with Gasteiger partial charge in [-0.15, -0.1) is 0 Å². The number of primary sulfonamides is 1. The van der Waals surface area contributed by atoms with Crippen LogP contribution >= 0.6 is 0 Å². The number of rotatable bonds is 5. The zero-order valence-electron chi connectivity index (χ0n) is 9.10. The number of nitrogens with two attached hydrogens (primary N) is 2. The summed E-state index contributed by atoms with van der Waals surface area (Å²) in [7, 11) is -3.38. The molecule has 1 aromatic rings. The van der Waals surface area contributed by atoms with E-state index in [1.165, 1.54) is 0 Å². The van der Waals surface area contributed by atoms with Crippen LogP contribution in [0, 0.1) is 6.92 Å². The number of nitrogens with zero attached hydrogens (tertiary/aromatic N) is 1. The summed E-state index contributed by atoms with van der Waals surface area (Å²) in [4.78, 5) is 4.10. The fraction of sp³-hybridized carbons (Fsp3) is 0.444. The number of sulfonamides is 1. The van der Waals surface area contributed by atoms with Crippen LogP contribution in [0.2, 0.25) is 0 Å². The van der Waals surface area contributed by atoms with Gasteiger partial charge in [0, 0.05) is 24.5 Å². The average molecular weight is 244 g/mol. The molecule has 90 valence electrons. The molecule has 0 fully saturated rings. The van der Waals surface area contributed by atoms with E-state index in [2.05, 4.69) is 10.3 Å². The normalized spacial score (nSPS) is 11.4. The second-order valence-corrected chi connectivity index (χ2v) is 5.31. The number of nitrogens with one attached hydrogen (secondary N) is 1. The van der Waals surface area contributed by atoms with Gasteiger partial charge in [0.15, 0.2) is 0 Å². The molecule has 5 N–H and O–H groups in total. The molecule has 6 nitrogen and oxygen atoms in total. The highest BCUT2D eigenvalue weighted by atomic mass is 32.2. The Bertz CT molecular complexity index is 459. The van der Waals surface area contributed by atoms with Gasteiger partial charge in [-0.1, -0.05) is 0 Å². The van der Waals surface area contributed by atoms with Crippen molar-refractivity contribution in [3.8, 4) is 0 Å². The number of pyridine rings is 1. The Morgan fingerprint density at radius 2 is 2.19 bits per heavy atom. The van der Waals surface area contributed by atoms with Crippen molar-refractivity contribution in [2.75, 3.05) is 23.3 Å². The van der Waals surface area contributed by atoms with Gasteiger partial charge in [0.2, 0.25) is 10.0 Å². The van der Waals surface area contributed by atoms with Gasteiger partial charge < -0.3 is 11.1 Å². The van der Waals surface area contributed by atoms with E-state index in [0.717, 1.165) is 5.56 Å². The highest BCUT2D eigenvalue weighted by molar-refractivity contribution is 7.89. The number of aryl methyl sites for hydroxylation is 1. The van der Waals surface area contributed by atoms with Crippen molar-refractivity contribution in [1.82, 2.24) is 4.98 Å². The molecule has 0 spiro atoms. The molecule has 16 heavy (non-hydrogen) atoms. The maximum atomic E-state index is 10.7. The van der Waals surface area contributed by atoms with Crippen LogP contribution in [0.1, 0.15) is 12.0 Å². The van der Waals surface area contributed by atoms with Crippen molar-refractivity contribution in [2.45, 2.75) is 13.3 Å². The largest absolute Gasteiger partial charge is 0.398 e. The first kappa shape index (κ1) is 12.7.